The van der Waals surface area contributed by atoms with Crippen LogP contribution in [0.5, 0.6) is 0 Å². The molecule has 3 aromatic rings. The summed E-state index contributed by atoms with van der Waals surface area (Å²) in [5.41, 5.74) is 4.44. The van der Waals surface area contributed by atoms with Gasteiger partial charge in [-0.1, -0.05) is 55.5 Å². The average Bonchev–Trinajstić information content (AvgIpc) is 3.25. The zero-order valence-electron chi connectivity index (χ0n) is 14.8. The van der Waals surface area contributed by atoms with Crippen LogP contribution in [-0.2, 0) is 13.1 Å². The molecule has 132 valence electrons. The van der Waals surface area contributed by atoms with E-state index in [1.807, 2.05) is 58.4 Å². The molecule has 1 atom stereocenters. The molecule has 4 rings (SSSR count). The summed E-state index contributed by atoms with van der Waals surface area (Å²) in [5.74, 6) is 0.366. The molecular formula is C21H22N4O. The standard InChI is InChI=1S/C21H22N4O/c1-16-13-25(20-10-6-5-9-19(16)20)21(26)22-11-18-12-23-24(15-18)14-17-7-3-2-4-8-17/h2-10,12,15-16H,11,13-14H2,1H3,(H,22,26). The molecule has 26 heavy (non-hydrogen) atoms. The van der Waals surface area contributed by atoms with Crippen molar-refractivity contribution in [2.24, 2.45) is 0 Å². The van der Waals surface area contributed by atoms with Gasteiger partial charge in [0.05, 0.1) is 12.7 Å². The van der Waals surface area contributed by atoms with Crippen LogP contribution in [0.25, 0.3) is 0 Å². The number of para-hydroxylation sites is 1. The highest BCUT2D eigenvalue weighted by atomic mass is 16.2. The van der Waals surface area contributed by atoms with Crippen LogP contribution < -0.4 is 10.2 Å². The van der Waals surface area contributed by atoms with Crippen LogP contribution in [0.2, 0.25) is 0 Å². The van der Waals surface area contributed by atoms with Crippen LogP contribution in [0.4, 0.5) is 10.5 Å². The molecule has 0 spiro atoms. The van der Waals surface area contributed by atoms with E-state index in [4.69, 9.17) is 0 Å². The maximum atomic E-state index is 12.6. The lowest BCUT2D eigenvalue weighted by atomic mass is 10.0. The van der Waals surface area contributed by atoms with Gasteiger partial charge in [-0.15, -0.1) is 0 Å². The molecule has 1 aliphatic heterocycles. The Morgan fingerprint density at radius 1 is 1.12 bits per heavy atom. The molecule has 0 saturated carbocycles. The van der Waals surface area contributed by atoms with E-state index in [9.17, 15) is 4.79 Å². The van der Waals surface area contributed by atoms with Crippen LogP contribution in [0.3, 0.4) is 0 Å². The number of urea groups is 1. The van der Waals surface area contributed by atoms with Gasteiger partial charge in [0.15, 0.2) is 0 Å². The number of nitrogens with one attached hydrogen (secondary N) is 1. The van der Waals surface area contributed by atoms with Crippen molar-refractivity contribution in [3.05, 3.63) is 83.7 Å². The van der Waals surface area contributed by atoms with Crippen molar-refractivity contribution < 1.29 is 4.79 Å². The predicted molar refractivity (Wildman–Crippen MR) is 102 cm³/mol. The molecule has 5 heteroatoms. The summed E-state index contributed by atoms with van der Waals surface area (Å²) in [7, 11) is 0. The van der Waals surface area contributed by atoms with Crippen molar-refractivity contribution >= 4 is 11.7 Å². The Balaban J connectivity index is 1.37. The first-order valence-corrected chi connectivity index (χ1v) is 8.90. The molecule has 1 aliphatic rings. The summed E-state index contributed by atoms with van der Waals surface area (Å²) >= 11 is 0. The van der Waals surface area contributed by atoms with Crippen LogP contribution in [0.15, 0.2) is 67.0 Å². The van der Waals surface area contributed by atoms with Gasteiger partial charge in [0.25, 0.3) is 0 Å². The number of nitrogens with zero attached hydrogens (tertiary/aromatic N) is 3. The Kier molecular flexibility index (Phi) is 4.44. The monoisotopic (exact) mass is 346 g/mol. The van der Waals surface area contributed by atoms with E-state index in [0.717, 1.165) is 24.3 Å². The third-order valence-corrected chi connectivity index (χ3v) is 4.78. The maximum absolute atomic E-state index is 12.6. The number of aromatic nitrogens is 2. The van der Waals surface area contributed by atoms with Crippen molar-refractivity contribution in [3.63, 3.8) is 0 Å². The molecule has 0 radical (unpaired) electrons. The third kappa shape index (κ3) is 3.33. The minimum atomic E-state index is -0.0578. The number of carbonyl (C=O) groups is 1. The first-order chi connectivity index (χ1) is 12.7. The summed E-state index contributed by atoms with van der Waals surface area (Å²) < 4.78 is 1.89. The second-order valence-electron chi connectivity index (χ2n) is 6.76. The summed E-state index contributed by atoms with van der Waals surface area (Å²) in [6.07, 6.45) is 3.79. The minimum Gasteiger partial charge on any atom is -0.333 e. The lowest BCUT2D eigenvalue weighted by Crippen LogP contribution is -2.38. The van der Waals surface area contributed by atoms with Gasteiger partial charge in [-0.05, 0) is 17.2 Å². The van der Waals surface area contributed by atoms with Gasteiger partial charge < -0.3 is 5.32 Å². The number of amides is 2. The normalized spacial score (nSPS) is 15.7. The van der Waals surface area contributed by atoms with E-state index in [1.54, 1.807) is 0 Å². The van der Waals surface area contributed by atoms with Crippen LogP contribution in [0.1, 0.15) is 29.5 Å². The second kappa shape index (κ2) is 7.04. The lowest BCUT2D eigenvalue weighted by molar-refractivity contribution is 0.246. The van der Waals surface area contributed by atoms with Crippen molar-refractivity contribution in [1.29, 1.82) is 0 Å². The maximum Gasteiger partial charge on any atom is 0.322 e. The SMILES string of the molecule is CC1CN(C(=O)NCc2cnn(Cc3ccccc3)c2)c2ccccc21. The molecule has 2 heterocycles. The first-order valence-electron chi connectivity index (χ1n) is 8.90. The molecule has 2 aromatic carbocycles. The van der Waals surface area contributed by atoms with Gasteiger partial charge in [-0.25, -0.2) is 4.79 Å². The van der Waals surface area contributed by atoms with E-state index >= 15 is 0 Å². The highest BCUT2D eigenvalue weighted by molar-refractivity contribution is 5.94. The Hall–Kier alpha value is -3.08. The fourth-order valence-corrected chi connectivity index (χ4v) is 3.44. The molecule has 5 nitrogen and oxygen atoms in total. The summed E-state index contributed by atoms with van der Waals surface area (Å²) in [6.45, 7) is 4.07. The molecule has 0 fully saturated rings. The minimum absolute atomic E-state index is 0.0578. The number of anilines is 1. The largest absolute Gasteiger partial charge is 0.333 e. The number of benzene rings is 2. The zero-order chi connectivity index (χ0) is 17.9. The van der Waals surface area contributed by atoms with Crippen molar-refractivity contribution in [3.8, 4) is 0 Å². The lowest BCUT2D eigenvalue weighted by Gasteiger charge is -2.18. The molecule has 1 aromatic heterocycles. The number of carbonyl (C=O) groups excluding carboxylic acids is 1. The van der Waals surface area contributed by atoms with E-state index in [0.29, 0.717) is 12.5 Å². The third-order valence-electron chi connectivity index (χ3n) is 4.78. The predicted octanol–water partition coefficient (Wildman–Crippen LogP) is 3.76. The highest BCUT2D eigenvalue weighted by Crippen LogP contribution is 2.35. The summed E-state index contributed by atoms with van der Waals surface area (Å²) in [5, 5.41) is 7.40. The van der Waals surface area contributed by atoms with Gasteiger partial charge in [0, 0.05) is 36.5 Å². The molecular weight excluding hydrogens is 324 g/mol. The quantitative estimate of drug-likeness (QED) is 0.782. The molecule has 1 unspecified atom stereocenters. The average molecular weight is 346 g/mol. The van der Waals surface area contributed by atoms with Gasteiger partial charge >= 0.3 is 6.03 Å². The highest BCUT2D eigenvalue weighted by Gasteiger charge is 2.29. The summed E-state index contributed by atoms with van der Waals surface area (Å²) in [4.78, 5) is 14.4. The van der Waals surface area contributed by atoms with Crippen molar-refractivity contribution in [2.75, 3.05) is 11.4 Å². The van der Waals surface area contributed by atoms with Crippen LogP contribution in [0, 0.1) is 0 Å². The fraction of sp³-hybridized carbons (Fsp3) is 0.238. The number of rotatable bonds is 4. The Morgan fingerprint density at radius 3 is 2.73 bits per heavy atom. The van der Waals surface area contributed by atoms with E-state index < -0.39 is 0 Å². The molecule has 0 bridgehead atoms. The van der Waals surface area contributed by atoms with Crippen molar-refractivity contribution in [1.82, 2.24) is 15.1 Å². The van der Waals surface area contributed by atoms with E-state index in [-0.39, 0.29) is 6.03 Å². The zero-order valence-corrected chi connectivity index (χ0v) is 14.8. The fourth-order valence-electron chi connectivity index (χ4n) is 3.44. The molecule has 1 N–H and O–H groups in total. The molecule has 2 amide bonds. The summed E-state index contributed by atoms with van der Waals surface area (Å²) in [6, 6.07) is 18.3. The number of fused-ring (bicyclic) bond motifs is 1. The number of hydrogen-bond donors (Lipinski definition) is 1. The molecule has 0 aliphatic carbocycles. The Morgan fingerprint density at radius 2 is 1.88 bits per heavy atom. The van der Waals surface area contributed by atoms with Gasteiger partial charge in [-0.3, -0.25) is 9.58 Å². The number of hydrogen-bond acceptors (Lipinski definition) is 2. The van der Waals surface area contributed by atoms with Gasteiger partial charge in [0.1, 0.15) is 0 Å². The smallest absolute Gasteiger partial charge is 0.322 e. The van der Waals surface area contributed by atoms with Crippen molar-refractivity contribution in [2.45, 2.75) is 25.9 Å². The van der Waals surface area contributed by atoms with E-state index in [2.05, 4.69) is 35.5 Å². The van der Waals surface area contributed by atoms with Crippen LogP contribution in [-0.4, -0.2) is 22.4 Å². The van der Waals surface area contributed by atoms with Gasteiger partial charge in [0.2, 0.25) is 0 Å². The Labute approximate surface area is 153 Å². The molecule has 0 saturated heterocycles. The van der Waals surface area contributed by atoms with Gasteiger partial charge in [-0.2, -0.15) is 5.10 Å². The van der Waals surface area contributed by atoms with Crippen LogP contribution >= 0.6 is 0 Å². The first kappa shape index (κ1) is 16.4. The second-order valence-corrected chi connectivity index (χ2v) is 6.76. The van der Waals surface area contributed by atoms with E-state index in [1.165, 1.54) is 11.1 Å². The Bertz CT molecular complexity index is 903. The topological polar surface area (TPSA) is 50.2 Å².